The molecule has 0 unspecified atom stereocenters. The number of amides is 2. The minimum Gasteiger partial charge on any atom is -0.483 e. The lowest BCUT2D eigenvalue weighted by Gasteiger charge is -2.30. The van der Waals surface area contributed by atoms with Gasteiger partial charge in [0, 0.05) is 12.6 Å². The van der Waals surface area contributed by atoms with E-state index in [9.17, 15) is 9.59 Å². The summed E-state index contributed by atoms with van der Waals surface area (Å²) in [4.78, 5) is 27.8. The molecule has 1 aliphatic rings. The van der Waals surface area contributed by atoms with Crippen LogP contribution in [0.3, 0.4) is 0 Å². The van der Waals surface area contributed by atoms with E-state index in [0.717, 1.165) is 47.9 Å². The Kier molecular flexibility index (Phi) is 7.72. The second-order valence-electron chi connectivity index (χ2n) is 8.60. The van der Waals surface area contributed by atoms with Crippen LogP contribution in [0.15, 0.2) is 42.5 Å². The molecule has 0 bridgehead atoms. The summed E-state index contributed by atoms with van der Waals surface area (Å²) in [5.41, 5.74) is 4.26. The van der Waals surface area contributed by atoms with Gasteiger partial charge in [-0.05, 0) is 68.9 Å². The van der Waals surface area contributed by atoms with Crippen LogP contribution < -0.4 is 10.1 Å². The van der Waals surface area contributed by atoms with E-state index in [0.29, 0.717) is 12.3 Å². The zero-order chi connectivity index (χ0) is 22.4. The number of carbonyl (C=O) groups is 2. The molecule has 1 fully saturated rings. The standard InChI is InChI=1S/C26H34N2O3/c1-18-11-9-15-24(20(18)3)31-17-25(29)28(16-22-12-6-5-10-19(22)2)21(4)26(30)27-23-13-7-8-14-23/h5-6,9-12,15,21,23H,7-8,13-14,16-17H2,1-4H3,(H,27,30)/t21-/m0/s1. The van der Waals surface area contributed by atoms with Crippen molar-refractivity contribution in [2.24, 2.45) is 0 Å². The van der Waals surface area contributed by atoms with Crippen LogP contribution in [-0.4, -0.2) is 35.4 Å². The van der Waals surface area contributed by atoms with Crippen LogP contribution in [0, 0.1) is 20.8 Å². The molecule has 1 aliphatic carbocycles. The Morgan fingerprint density at radius 1 is 1.03 bits per heavy atom. The van der Waals surface area contributed by atoms with Crippen molar-refractivity contribution in [3.8, 4) is 5.75 Å². The highest BCUT2D eigenvalue weighted by molar-refractivity contribution is 5.88. The normalized spacial score (nSPS) is 14.8. The van der Waals surface area contributed by atoms with E-state index >= 15 is 0 Å². The van der Waals surface area contributed by atoms with Gasteiger partial charge < -0.3 is 15.0 Å². The number of nitrogens with one attached hydrogen (secondary N) is 1. The first-order valence-corrected chi connectivity index (χ1v) is 11.2. The molecule has 0 saturated heterocycles. The van der Waals surface area contributed by atoms with Crippen LogP contribution in [0.4, 0.5) is 0 Å². The summed E-state index contributed by atoms with van der Waals surface area (Å²) in [6.45, 7) is 8.10. The number of ether oxygens (including phenoxy) is 1. The Bertz CT molecular complexity index is 919. The van der Waals surface area contributed by atoms with E-state index in [1.807, 2.05) is 63.2 Å². The van der Waals surface area contributed by atoms with Gasteiger partial charge >= 0.3 is 0 Å². The van der Waals surface area contributed by atoms with Crippen molar-refractivity contribution in [2.75, 3.05) is 6.61 Å². The van der Waals surface area contributed by atoms with Crippen LogP contribution in [0.25, 0.3) is 0 Å². The van der Waals surface area contributed by atoms with E-state index in [2.05, 4.69) is 5.32 Å². The van der Waals surface area contributed by atoms with Gasteiger partial charge in [0.25, 0.3) is 5.91 Å². The van der Waals surface area contributed by atoms with Gasteiger partial charge in [0.15, 0.2) is 6.61 Å². The van der Waals surface area contributed by atoms with Crippen molar-refractivity contribution in [2.45, 2.75) is 72.0 Å². The third kappa shape index (κ3) is 5.87. The third-order valence-electron chi connectivity index (χ3n) is 6.38. The van der Waals surface area contributed by atoms with Crippen molar-refractivity contribution < 1.29 is 14.3 Å². The van der Waals surface area contributed by atoms with Gasteiger partial charge in [0.05, 0.1) is 0 Å². The largest absolute Gasteiger partial charge is 0.483 e. The zero-order valence-corrected chi connectivity index (χ0v) is 19.1. The lowest BCUT2D eigenvalue weighted by molar-refractivity contribution is -0.142. The van der Waals surface area contributed by atoms with Crippen LogP contribution >= 0.6 is 0 Å². The molecule has 5 heteroatoms. The van der Waals surface area contributed by atoms with Gasteiger partial charge in [-0.25, -0.2) is 0 Å². The molecule has 2 aromatic carbocycles. The smallest absolute Gasteiger partial charge is 0.261 e. The maximum Gasteiger partial charge on any atom is 0.261 e. The van der Waals surface area contributed by atoms with Crippen LogP contribution in [0.5, 0.6) is 5.75 Å². The van der Waals surface area contributed by atoms with E-state index in [1.165, 1.54) is 0 Å². The maximum atomic E-state index is 13.2. The number of rotatable bonds is 8. The average molecular weight is 423 g/mol. The first kappa shape index (κ1) is 22.9. The Balaban J connectivity index is 1.75. The summed E-state index contributed by atoms with van der Waals surface area (Å²) in [5.74, 6) is 0.408. The topological polar surface area (TPSA) is 58.6 Å². The molecule has 31 heavy (non-hydrogen) atoms. The molecule has 1 atom stereocenters. The molecule has 0 heterocycles. The van der Waals surface area contributed by atoms with Gasteiger partial charge in [0.1, 0.15) is 11.8 Å². The van der Waals surface area contributed by atoms with E-state index in [4.69, 9.17) is 4.74 Å². The fraction of sp³-hybridized carbons (Fsp3) is 0.462. The molecule has 2 amide bonds. The highest BCUT2D eigenvalue weighted by atomic mass is 16.5. The van der Waals surface area contributed by atoms with Crippen molar-refractivity contribution >= 4 is 11.8 Å². The molecule has 5 nitrogen and oxygen atoms in total. The minimum absolute atomic E-state index is 0.0967. The minimum atomic E-state index is -0.574. The summed E-state index contributed by atoms with van der Waals surface area (Å²) < 4.78 is 5.87. The SMILES string of the molecule is Cc1ccccc1CN(C(=O)COc1cccc(C)c1C)[C@@H](C)C(=O)NC1CCCC1. The lowest BCUT2D eigenvalue weighted by atomic mass is 10.1. The second kappa shape index (κ2) is 10.5. The number of carbonyl (C=O) groups excluding carboxylic acids is 2. The predicted molar refractivity (Wildman–Crippen MR) is 123 cm³/mol. The number of benzene rings is 2. The molecule has 0 aromatic heterocycles. The molecule has 1 saturated carbocycles. The van der Waals surface area contributed by atoms with E-state index in [-0.39, 0.29) is 24.5 Å². The second-order valence-corrected chi connectivity index (χ2v) is 8.60. The summed E-state index contributed by atoms with van der Waals surface area (Å²) in [6.07, 6.45) is 4.32. The zero-order valence-electron chi connectivity index (χ0n) is 19.1. The number of hydrogen-bond donors (Lipinski definition) is 1. The maximum absolute atomic E-state index is 13.2. The molecular weight excluding hydrogens is 388 g/mol. The first-order valence-electron chi connectivity index (χ1n) is 11.2. The molecule has 166 valence electrons. The third-order valence-corrected chi connectivity index (χ3v) is 6.38. The Morgan fingerprint density at radius 3 is 2.42 bits per heavy atom. The van der Waals surface area contributed by atoms with Crippen molar-refractivity contribution in [1.82, 2.24) is 10.2 Å². The predicted octanol–water partition coefficient (Wildman–Crippen LogP) is 4.47. The average Bonchev–Trinajstić information content (AvgIpc) is 3.26. The van der Waals surface area contributed by atoms with E-state index < -0.39 is 6.04 Å². The Labute approximate surface area is 185 Å². The van der Waals surface area contributed by atoms with E-state index in [1.54, 1.807) is 11.8 Å². The number of aryl methyl sites for hydroxylation is 2. The van der Waals surface area contributed by atoms with Crippen LogP contribution in [0.1, 0.15) is 54.9 Å². The summed E-state index contributed by atoms with van der Waals surface area (Å²) >= 11 is 0. The quantitative estimate of drug-likeness (QED) is 0.683. The van der Waals surface area contributed by atoms with Gasteiger partial charge in [-0.15, -0.1) is 0 Å². The lowest BCUT2D eigenvalue weighted by Crippen LogP contribution is -2.50. The van der Waals surface area contributed by atoms with Gasteiger partial charge in [0.2, 0.25) is 5.91 Å². The molecule has 2 aromatic rings. The van der Waals surface area contributed by atoms with Crippen LogP contribution in [-0.2, 0) is 16.1 Å². The monoisotopic (exact) mass is 422 g/mol. The molecule has 0 spiro atoms. The van der Waals surface area contributed by atoms with Crippen molar-refractivity contribution in [1.29, 1.82) is 0 Å². The molecular formula is C26H34N2O3. The molecule has 1 N–H and O–H groups in total. The summed E-state index contributed by atoms with van der Waals surface area (Å²) in [6, 6.07) is 13.4. The summed E-state index contributed by atoms with van der Waals surface area (Å²) in [5, 5.41) is 3.13. The van der Waals surface area contributed by atoms with Crippen molar-refractivity contribution in [3.63, 3.8) is 0 Å². The highest BCUT2D eigenvalue weighted by Crippen LogP contribution is 2.22. The van der Waals surface area contributed by atoms with Gasteiger partial charge in [-0.2, -0.15) is 0 Å². The fourth-order valence-electron chi connectivity index (χ4n) is 4.05. The molecule has 0 radical (unpaired) electrons. The van der Waals surface area contributed by atoms with Crippen LogP contribution in [0.2, 0.25) is 0 Å². The first-order chi connectivity index (χ1) is 14.9. The van der Waals surface area contributed by atoms with Crippen molar-refractivity contribution in [3.05, 3.63) is 64.7 Å². The highest BCUT2D eigenvalue weighted by Gasteiger charge is 2.29. The molecule has 3 rings (SSSR count). The number of nitrogens with zero attached hydrogens (tertiary/aromatic N) is 1. The Hall–Kier alpha value is -2.82. The van der Waals surface area contributed by atoms with Gasteiger partial charge in [-0.3, -0.25) is 9.59 Å². The number of hydrogen-bond acceptors (Lipinski definition) is 3. The van der Waals surface area contributed by atoms with Gasteiger partial charge in [-0.1, -0.05) is 49.2 Å². The fourth-order valence-corrected chi connectivity index (χ4v) is 4.05. The molecule has 0 aliphatic heterocycles. The Morgan fingerprint density at radius 2 is 1.71 bits per heavy atom. The summed E-state index contributed by atoms with van der Waals surface area (Å²) in [7, 11) is 0.